The summed E-state index contributed by atoms with van der Waals surface area (Å²) >= 11 is 0. The molecule has 156 valence electrons. The number of nitrogens with zero attached hydrogens (tertiary/aromatic N) is 1. The predicted molar refractivity (Wildman–Crippen MR) is 121 cm³/mol. The van der Waals surface area contributed by atoms with E-state index in [2.05, 4.69) is 27.8 Å². The van der Waals surface area contributed by atoms with E-state index in [1.165, 1.54) is 6.07 Å². The minimum absolute atomic E-state index is 0. The lowest BCUT2D eigenvalue weighted by Gasteiger charge is -2.30. The lowest BCUT2D eigenvalue weighted by molar-refractivity contribution is 0.0926. The molecule has 0 unspecified atom stereocenters. The van der Waals surface area contributed by atoms with Crippen LogP contribution in [0, 0.1) is 0 Å². The minimum atomic E-state index is -0.534. The number of rotatable bonds is 5. The Morgan fingerprint density at radius 2 is 1.57 bits per heavy atom. The number of para-hydroxylation sites is 1. The number of fused-ring (bicyclic) bond motifs is 1. The second-order valence-corrected chi connectivity index (χ2v) is 7.50. The third-order valence-electron chi connectivity index (χ3n) is 5.42. The van der Waals surface area contributed by atoms with Gasteiger partial charge in [-0.1, -0.05) is 24.3 Å². The number of anilines is 1. The average Bonchev–Trinajstić information content (AvgIpc) is 2.75. The molecule has 0 saturated heterocycles. The van der Waals surface area contributed by atoms with Crippen LogP contribution in [-0.2, 0) is 0 Å². The zero-order valence-corrected chi connectivity index (χ0v) is 17.3. The SMILES string of the molecule is Cl.NC(=O)c1cccc(C(=O)N[C@H]2CC[C@@H](Nc3ccc4ccccc4n3)CC2)c1. The Kier molecular flexibility index (Phi) is 6.90. The van der Waals surface area contributed by atoms with Crippen LogP contribution in [0.15, 0.2) is 60.7 Å². The van der Waals surface area contributed by atoms with Crippen LogP contribution in [0.25, 0.3) is 10.9 Å². The van der Waals surface area contributed by atoms with Crippen molar-refractivity contribution in [1.29, 1.82) is 0 Å². The van der Waals surface area contributed by atoms with Crippen LogP contribution in [0.2, 0.25) is 0 Å². The highest BCUT2D eigenvalue weighted by atomic mass is 35.5. The standard InChI is InChI=1S/C23H24N4O2.ClH/c24-22(28)16-5-3-6-17(14-16)23(29)26-19-11-9-18(10-12-19)25-21-13-8-15-4-1-2-7-20(15)27-21;/h1-8,13-14,18-19H,9-12H2,(H2,24,28)(H,25,27)(H,26,29);1H/t18-,19+;. The van der Waals surface area contributed by atoms with E-state index < -0.39 is 5.91 Å². The minimum Gasteiger partial charge on any atom is -0.367 e. The first-order chi connectivity index (χ1) is 14.1. The Labute approximate surface area is 181 Å². The van der Waals surface area contributed by atoms with Gasteiger partial charge in [0.05, 0.1) is 5.52 Å². The van der Waals surface area contributed by atoms with E-state index in [9.17, 15) is 9.59 Å². The van der Waals surface area contributed by atoms with Crippen molar-refractivity contribution in [1.82, 2.24) is 10.3 Å². The van der Waals surface area contributed by atoms with Crippen molar-refractivity contribution in [3.63, 3.8) is 0 Å². The predicted octanol–water partition coefficient (Wildman–Crippen LogP) is 3.91. The van der Waals surface area contributed by atoms with Crippen molar-refractivity contribution in [3.8, 4) is 0 Å². The zero-order valence-electron chi connectivity index (χ0n) is 16.5. The molecule has 6 nitrogen and oxygen atoms in total. The van der Waals surface area contributed by atoms with Crippen molar-refractivity contribution in [2.75, 3.05) is 5.32 Å². The van der Waals surface area contributed by atoms with Gasteiger partial charge in [-0.3, -0.25) is 9.59 Å². The molecule has 0 spiro atoms. The number of aromatic nitrogens is 1. The van der Waals surface area contributed by atoms with Crippen molar-refractivity contribution in [3.05, 3.63) is 71.8 Å². The molecule has 1 aliphatic carbocycles. The van der Waals surface area contributed by atoms with Gasteiger partial charge in [0.25, 0.3) is 5.91 Å². The van der Waals surface area contributed by atoms with Crippen LogP contribution in [0.1, 0.15) is 46.4 Å². The first-order valence-corrected chi connectivity index (χ1v) is 9.91. The Morgan fingerprint density at radius 1 is 0.867 bits per heavy atom. The number of primary amides is 1. The van der Waals surface area contributed by atoms with Crippen LogP contribution in [-0.4, -0.2) is 28.9 Å². The van der Waals surface area contributed by atoms with Crippen LogP contribution in [0.4, 0.5) is 5.82 Å². The van der Waals surface area contributed by atoms with Gasteiger partial charge in [-0.05, 0) is 62.1 Å². The maximum atomic E-state index is 12.5. The molecule has 1 aromatic heterocycles. The summed E-state index contributed by atoms with van der Waals surface area (Å²) < 4.78 is 0. The van der Waals surface area contributed by atoms with Gasteiger partial charge < -0.3 is 16.4 Å². The van der Waals surface area contributed by atoms with E-state index in [4.69, 9.17) is 5.73 Å². The molecule has 2 amide bonds. The molecule has 1 aliphatic rings. The van der Waals surface area contributed by atoms with Crippen molar-refractivity contribution >= 4 is 40.9 Å². The quantitative estimate of drug-likeness (QED) is 0.578. The van der Waals surface area contributed by atoms with Gasteiger partial charge in [0, 0.05) is 28.6 Å². The van der Waals surface area contributed by atoms with Gasteiger partial charge in [-0.2, -0.15) is 0 Å². The van der Waals surface area contributed by atoms with Gasteiger partial charge in [0.2, 0.25) is 5.91 Å². The van der Waals surface area contributed by atoms with E-state index in [0.717, 1.165) is 42.4 Å². The third-order valence-corrected chi connectivity index (χ3v) is 5.42. The number of halogens is 1. The van der Waals surface area contributed by atoms with Gasteiger partial charge >= 0.3 is 0 Å². The molecule has 4 rings (SSSR count). The number of benzene rings is 2. The fraction of sp³-hybridized carbons (Fsp3) is 0.261. The topological polar surface area (TPSA) is 97.1 Å². The number of nitrogens with two attached hydrogens (primary N) is 1. The lowest BCUT2D eigenvalue weighted by Crippen LogP contribution is -2.40. The van der Waals surface area contributed by atoms with Crippen molar-refractivity contribution in [2.24, 2.45) is 5.73 Å². The molecular weight excluding hydrogens is 400 g/mol. The molecule has 3 aromatic rings. The first-order valence-electron chi connectivity index (χ1n) is 9.91. The largest absolute Gasteiger partial charge is 0.367 e. The average molecular weight is 425 g/mol. The van der Waals surface area contributed by atoms with Crippen molar-refractivity contribution < 1.29 is 9.59 Å². The smallest absolute Gasteiger partial charge is 0.251 e. The monoisotopic (exact) mass is 424 g/mol. The summed E-state index contributed by atoms with van der Waals surface area (Å²) in [7, 11) is 0. The molecule has 2 aromatic carbocycles. The molecule has 0 radical (unpaired) electrons. The number of hydrogen-bond donors (Lipinski definition) is 3. The summed E-state index contributed by atoms with van der Waals surface area (Å²) in [5, 5.41) is 7.73. The van der Waals surface area contributed by atoms with Crippen LogP contribution < -0.4 is 16.4 Å². The third kappa shape index (κ3) is 5.07. The summed E-state index contributed by atoms with van der Waals surface area (Å²) in [4.78, 5) is 28.5. The summed E-state index contributed by atoms with van der Waals surface area (Å²) in [6.45, 7) is 0. The van der Waals surface area contributed by atoms with E-state index >= 15 is 0 Å². The summed E-state index contributed by atoms with van der Waals surface area (Å²) in [5.74, 6) is 0.189. The Balaban J connectivity index is 0.00000256. The maximum absolute atomic E-state index is 12.5. The Bertz CT molecular complexity index is 1050. The highest BCUT2D eigenvalue weighted by Gasteiger charge is 2.23. The van der Waals surface area contributed by atoms with E-state index in [1.54, 1.807) is 18.2 Å². The maximum Gasteiger partial charge on any atom is 0.251 e. The highest BCUT2D eigenvalue weighted by Crippen LogP contribution is 2.23. The number of carbonyl (C=O) groups is 2. The molecule has 1 saturated carbocycles. The first kappa shape index (κ1) is 21.6. The summed E-state index contributed by atoms with van der Waals surface area (Å²) in [6.07, 6.45) is 3.71. The number of hydrogen-bond acceptors (Lipinski definition) is 4. The fourth-order valence-corrected chi connectivity index (χ4v) is 3.82. The van der Waals surface area contributed by atoms with Gasteiger partial charge in [-0.25, -0.2) is 4.98 Å². The molecule has 0 bridgehead atoms. The van der Waals surface area contributed by atoms with E-state index in [0.29, 0.717) is 17.2 Å². The Hall–Kier alpha value is -3.12. The van der Waals surface area contributed by atoms with E-state index in [1.807, 2.05) is 24.3 Å². The lowest BCUT2D eigenvalue weighted by atomic mass is 9.91. The number of nitrogens with one attached hydrogen (secondary N) is 2. The van der Waals surface area contributed by atoms with Gasteiger partial charge in [0.1, 0.15) is 5.82 Å². The van der Waals surface area contributed by atoms with Crippen molar-refractivity contribution in [2.45, 2.75) is 37.8 Å². The molecule has 30 heavy (non-hydrogen) atoms. The Morgan fingerprint density at radius 3 is 2.33 bits per heavy atom. The number of pyridine rings is 1. The number of carbonyl (C=O) groups excluding carboxylic acids is 2. The van der Waals surface area contributed by atoms with Crippen LogP contribution in [0.5, 0.6) is 0 Å². The second kappa shape index (κ2) is 9.59. The second-order valence-electron chi connectivity index (χ2n) is 7.50. The van der Waals surface area contributed by atoms with Gasteiger partial charge in [0.15, 0.2) is 0 Å². The normalized spacial score (nSPS) is 18.3. The van der Waals surface area contributed by atoms with Gasteiger partial charge in [-0.15, -0.1) is 12.4 Å². The molecule has 0 aliphatic heterocycles. The molecule has 7 heteroatoms. The molecule has 1 fully saturated rings. The molecule has 1 heterocycles. The molecule has 0 atom stereocenters. The fourth-order valence-electron chi connectivity index (χ4n) is 3.82. The molecular formula is C23H25ClN4O2. The summed E-state index contributed by atoms with van der Waals surface area (Å²) in [6, 6.07) is 19.2. The number of amides is 2. The zero-order chi connectivity index (χ0) is 20.2. The van der Waals surface area contributed by atoms with Crippen LogP contribution in [0.3, 0.4) is 0 Å². The van der Waals surface area contributed by atoms with Crippen LogP contribution >= 0.6 is 12.4 Å². The molecule has 4 N–H and O–H groups in total. The van der Waals surface area contributed by atoms with E-state index in [-0.39, 0.29) is 24.4 Å². The summed E-state index contributed by atoms with van der Waals surface area (Å²) in [5.41, 5.74) is 7.08. The highest BCUT2D eigenvalue weighted by molar-refractivity contribution is 5.99.